The number of likely N-dealkylation sites (tertiary alicyclic amines) is 1. The average Bonchev–Trinajstić information content (AvgIpc) is 3.23. The zero-order valence-corrected chi connectivity index (χ0v) is 13.8. The molecule has 9 heteroatoms. The number of carbonyl (C=O) groups excluding carboxylic acids is 2. The molecule has 2 heterocycles. The van der Waals surface area contributed by atoms with Crippen molar-refractivity contribution in [3.8, 4) is 0 Å². The fourth-order valence-corrected chi connectivity index (χ4v) is 3.18. The fraction of sp³-hybridized carbons (Fsp3) is 0.312. The van der Waals surface area contributed by atoms with Crippen LogP contribution in [0.25, 0.3) is 0 Å². The third-order valence-corrected chi connectivity index (χ3v) is 4.63. The first-order valence-corrected chi connectivity index (χ1v) is 8.40. The van der Waals surface area contributed by atoms with Crippen molar-refractivity contribution < 1.29 is 22.8 Å². The number of rotatable bonds is 4. The maximum Gasteiger partial charge on any atom is 0.416 e. The van der Waals surface area contributed by atoms with Crippen LogP contribution in [0.3, 0.4) is 0 Å². The minimum atomic E-state index is -4.46. The Hall–Kier alpha value is -2.42. The molecule has 1 aromatic carbocycles. The molecule has 1 saturated heterocycles. The Balaban J connectivity index is 1.85. The van der Waals surface area contributed by atoms with E-state index < -0.39 is 17.6 Å². The van der Waals surface area contributed by atoms with E-state index in [0.29, 0.717) is 18.1 Å². The highest BCUT2D eigenvalue weighted by Crippen LogP contribution is 2.29. The molecule has 0 unspecified atom stereocenters. The Labute approximate surface area is 145 Å². The number of nitrogens with zero attached hydrogens (tertiary/aromatic N) is 3. The quantitative estimate of drug-likeness (QED) is 0.830. The maximum atomic E-state index is 12.8. The van der Waals surface area contributed by atoms with E-state index in [1.165, 1.54) is 22.4 Å². The van der Waals surface area contributed by atoms with E-state index in [2.05, 4.69) is 4.98 Å². The number of halogens is 3. The number of carbonyl (C=O) groups is 2. The van der Waals surface area contributed by atoms with Crippen LogP contribution < -0.4 is 4.90 Å². The Kier molecular flexibility index (Phi) is 4.76. The lowest BCUT2D eigenvalue weighted by molar-refractivity contribution is -0.137. The summed E-state index contributed by atoms with van der Waals surface area (Å²) in [6.07, 6.45) is -1.78. The summed E-state index contributed by atoms with van der Waals surface area (Å²) in [6.45, 7) is 0.577. The summed E-state index contributed by atoms with van der Waals surface area (Å²) in [5, 5.41) is 2.08. The van der Waals surface area contributed by atoms with Crippen molar-refractivity contribution in [2.24, 2.45) is 0 Å². The summed E-state index contributed by atoms with van der Waals surface area (Å²) in [5.41, 5.74) is -0.714. The molecule has 5 nitrogen and oxygen atoms in total. The molecule has 1 aliphatic heterocycles. The van der Waals surface area contributed by atoms with Crippen LogP contribution in [0.15, 0.2) is 35.8 Å². The van der Waals surface area contributed by atoms with Crippen LogP contribution in [0.2, 0.25) is 0 Å². The normalized spacial score (nSPS) is 14.8. The van der Waals surface area contributed by atoms with Gasteiger partial charge in [-0.15, -0.1) is 11.3 Å². The highest BCUT2D eigenvalue weighted by atomic mass is 32.1. The van der Waals surface area contributed by atoms with Gasteiger partial charge in [-0.2, -0.15) is 13.2 Å². The van der Waals surface area contributed by atoms with Gasteiger partial charge in [0.2, 0.25) is 5.91 Å². The Morgan fingerprint density at radius 3 is 2.52 bits per heavy atom. The molecule has 132 valence electrons. The molecule has 1 fully saturated rings. The van der Waals surface area contributed by atoms with Crippen molar-refractivity contribution in [3.05, 3.63) is 47.0 Å². The van der Waals surface area contributed by atoms with Crippen LogP contribution in [0, 0.1) is 0 Å². The zero-order chi connectivity index (χ0) is 18.0. The maximum absolute atomic E-state index is 12.8. The minimum absolute atomic E-state index is 0.0339. The molecule has 2 aromatic rings. The molecule has 0 atom stereocenters. The molecule has 0 aliphatic carbocycles. The lowest BCUT2D eigenvalue weighted by Crippen LogP contribution is -2.42. The summed E-state index contributed by atoms with van der Waals surface area (Å²) in [4.78, 5) is 31.6. The zero-order valence-electron chi connectivity index (χ0n) is 13.0. The number of thiazole rings is 1. The number of benzene rings is 1. The van der Waals surface area contributed by atoms with Crippen LogP contribution >= 0.6 is 11.3 Å². The lowest BCUT2D eigenvalue weighted by atomic mass is 10.1. The standard InChI is InChI=1S/C16H14F3N3O2S/c17-16(18,19)12-5-3-11(4-6-12)14(24)22(15-20-7-9-25-15)10-21-8-1-2-13(21)23/h3-7,9H,1-2,8,10H2. The van der Waals surface area contributed by atoms with Crippen molar-refractivity contribution in [1.82, 2.24) is 9.88 Å². The first kappa shape index (κ1) is 17.4. The number of anilines is 1. The van der Waals surface area contributed by atoms with E-state index in [0.717, 1.165) is 30.7 Å². The molecule has 25 heavy (non-hydrogen) atoms. The van der Waals surface area contributed by atoms with E-state index in [9.17, 15) is 22.8 Å². The van der Waals surface area contributed by atoms with Crippen LogP contribution in [0.4, 0.5) is 18.3 Å². The molecule has 1 aliphatic rings. The highest BCUT2D eigenvalue weighted by molar-refractivity contribution is 7.13. The SMILES string of the molecule is O=C1CCCN1CN(C(=O)c1ccc(C(F)(F)F)cc1)c1nccs1. The first-order chi connectivity index (χ1) is 11.9. The van der Waals surface area contributed by atoms with Gasteiger partial charge in [0.05, 0.1) is 5.56 Å². The van der Waals surface area contributed by atoms with E-state index in [-0.39, 0.29) is 18.1 Å². The lowest BCUT2D eigenvalue weighted by Gasteiger charge is -2.26. The van der Waals surface area contributed by atoms with E-state index >= 15 is 0 Å². The van der Waals surface area contributed by atoms with Crippen molar-refractivity contribution >= 4 is 28.3 Å². The highest BCUT2D eigenvalue weighted by Gasteiger charge is 2.31. The minimum Gasteiger partial charge on any atom is -0.324 e. The second-order valence-electron chi connectivity index (χ2n) is 5.53. The number of alkyl halides is 3. The summed E-state index contributed by atoms with van der Waals surface area (Å²) in [5.74, 6) is -0.551. The molecule has 1 aromatic heterocycles. The monoisotopic (exact) mass is 369 g/mol. The van der Waals surface area contributed by atoms with Gasteiger partial charge in [-0.05, 0) is 30.7 Å². The van der Waals surface area contributed by atoms with Crippen molar-refractivity contribution in [3.63, 3.8) is 0 Å². The summed E-state index contributed by atoms with van der Waals surface area (Å²) >= 11 is 1.22. The predicted molar refractivity (Wildman–Crippen MR) is 86.2 cm³/mol. The van der Waals surface area contributed by atoms with Gasteiger partial charge in [-0.25, -0.2) is 4.98 Å². The van der Waals surface area contributed by atoms with Gasteiger partial charge in [-0.1, -0.05) is 0 Å². The van der Waals surface area contributed by atoms with Crippen molar-refractivity contribution in [2.45, 2.75) is 19.0 Å². The number of aromatic nitrogens is 1. The van der Waals surface area contributed by atoms with Crippen LogP contribution in [-0.2, 0) is 11.0 Å². The molecule has 0 N–H and O–H groups in total. The van der Waals surface area contributed by atoms with Crippen LogP contribution in [0.5, 0.6) is 0 Å². The van der Waals surface area contributed by atoms with Gasteiger partial charge in [0.1, 0.15) is 6.67 Å². The summed E-state index contributed by atoms with van der Waals surface area (Å²) < 4.78 is 38.0. The molecular weight excluding hydrogens is 355 g/mol. The first-order valence-electron chi connectivity index (χ1n) is 7.52. The van der Waals surface area contributed by atoms with Crippen molar-refractivity contribution in [2.75, 3.05) is 18.1 Å². The smallest absolute Gasteiger partial charge is 0.324 e. The largest absolute Gasteiger partial charge is 0.416 e. The Bertz CT molecular complexity index is 760. The van der Waals surface area contributed by atoms with E-state index in [1.54, 1.807) is 10.3 Å². The number of hydrogen-bond acceptors (Lipinski definition) is 4. The second kappa shape index (κ2) is 6.83. The second-order valence-corrected chi connectivity index (χ2v) is 6.40. The predicted octanol–water partition coefficient (Wildman–Crippen LogP) is 3.39. The van der Waals surface area contributed by atoms with E-state index in [4.69, 9.17) is 0 Å². The molecular formula is C16H14F3N3O2S. The fourth-order valence-electron chi connectivity index (χ4n) is 2.54. The van der Waals surface area contributed by atoms with Gasteiger partial charge in [0, 0.05) is 30.1 Å². The van der Waals surface area contributed by atoms with Gasteiger partial charge in [-0.3, -0.25) is 14.5 Å². The van der Waals surface area contributed by atoms with Gasteiger partial charge in [0.25, 0.3) is 5.91 Å². The molecule has 3 rings (SSSR count). The Morgan fingerprint density at radius 1 is 1.28 bits per heavy atom. The molecule has 2 amide bonds. The summed E-state index contributed by atoms with van der Waals surface area (Å²) in [6, 6.07) is 4.01. The molecule has 0 spiro atoms. The number of hydrogen-bond donors (Lipinski definition) is 0. The molecule has 0 bridgehead atoms. The average molecular weight is 369 g/mol. The van der Waals surface area contributed by atoms with Crippen LogP contribution in [-0.4, -0.2) is 34.9 Å². The third-order valence-electron chi connectivity index (χ3n) is 3.84. The van der Waals surface area contributed by atoms with Gasteiger partial charge < -0.3 is 4.90 Å². The van der Waals surface area contributed by atoms with Crippen molar-refractivity contribution in [1.29, 1.82) is 0 Å². The van der Waals surface area contributed by atoms with Gasteiger partial charge in [0.15, 0.2) is 5.13 Å². The third kappa shape index (κ3) is 3.81. The van der Waals surface area contributed by atoms with Crippen LogP contribution in [0.1, 0.15) is 28.8 Å². The topological polar surface area (TPSA) is 53.5 Å². The summed E-state index contributed by atoms with van der Waals surface area (Å²) in [7, 11) is 0. The number of amides is 2. The Morgan fingerprint density at radius 2 is 2.00 bits per heavy atom. The molecule has 0 saturated carbocycles. The van der Waals surface area contributed by atoms with E-state index in [1.807, 2.05) is 0 Å². The molecule has 0 radical (unpaired) electrons. The van der Waals surface area contributed by atoms with Gasteiger partial charge >= 0.3 is 6.18 Å².